The van der Waals surface area contributed by atoms with Gasteiger partial charge in [-0.15, -0.1) is 0 Å². The van der Waals surface area contributed by atoms with E-state index in [1.807, 2.05) is 12.1 Å². The molecule has 0 unspecified atom stereocenters. The first kappa shape index (κ1) is 21.4. The molecule has 1 fully saturated rings. The number of halogens is 5. The summed E-state index contributed by atoms with van der Waals surface area (Å²) in [4.78, 5) is 19.9. The fourth-order valence-electron chi connectivity index (χ4n) is 3.14. The topological polar surface area (TPSA) is 53.7 Å². The molecule has 0 bridgehead atoms. The van der Waals surface area contributed by atoms with Crippen molar-refractivity contribution in [2.75, 3.05) is 31.1 Å². The number of aromatic nitrogens is 2. The van der Waals surface area contributed by atoms with Crippen LogP contribution in [0.25, 0.3) is 0 Å². The SMILES string of the molecule is C=NCc1c(Cl)c(C(F)(F)F)nn1CC(=O)N1CCN(c2ccc(Cl)cc2)CC1. The van der Waals surface area contributed by atoms with E-state index in [9.17, 15) is 18.0 Å². The van der Waals surface area contributed by atoms with Gasteiger partial charge in [-0.25, -0.2) is 0 Å². The average molecular weight is 448 g/mol. The number of amides is 1. The summed E-state index contributed by atoms with van der Waals surface area (Å²) < 4.78 is 40.2. The minimum absolute atomic E-state index is 0.0159. The summed E-state index contributed by atoms with van der Waals surface area (Å²) in [5, 5.41) is 3.60. The van der Waals surface area contributed by atoms with Crippen molar-refractivity contribution < 1.29 is 18.0 Å². The van der Waals surface area contributed by atoms with E-state index in [-0.39, 0.29) is 24.7 Å². The van der Waals surface area contributed by atoms with E-state index >= 15 is 0 Å². The normalized spacial score (nSPS) is 14.9. The van der Waals surface area contributed by atoms with Crippen molar-refractivity contribution in [2.24, 2.45) is 4.99 Å². The lowest BCUT2D eigenvalue weighted by Gasteiger charge is -2.36. The lowest BCUT2D eigenvalue weighted by molar-refractivity contribution is -0.142. The van der Waals surface area contributed by atoms with Crippen molar-refractivity contribution >= 4 is 41.5 Å². The molecule has 1 aliphatic rings. The molecule has 0 spiro atoms. The minimum Gasteiger partial charge on any atom is -0.368 e. The fourth-order valence-corrected chi connectivity index (χ4v) is 3.57. The molecule has 0 atom stereocenters. The molecule has 156 valence electrons. The van der Waals surface area contributed by atoms with Crippen molar-refractivity contribution in [3.63, 3.8) is 0 Å². The number of hydrogen-bond acceptors (Lipinski definition) is 4. The van der Waals surface area contributed by atoms with E-state index in [0.717, 1.165) is 10.4 Å². The number of carbonyl (C=O) groups excluding carboxylic acids is 1. The Kier molecular flexibility index (Phi) is 6.38. The molecular weight excluding hydrogens is 430 g/mol. The summed E-state index contributed by atoms with van der Waals surface area (Å²) in [5.74, 6) is -0.334. The number of alkyl halides is 3. The van der Waals surface area contributed by atoms with E-state index in [1.165, 1.54) is 0 Å². The summed E-state index contributed by atoms with van der Waals surface area (Å²) in [5.41, 5.74) is -0.213. The summed E-state index contributed by atoms with van der Waals surface area (Å²) in [6, 6.07) is 7.39. The molecular formula is C18H18Cl2F3N5O. The van der Waals surface area contributed by atoms with E-state index in [1.54, 1.807) is 17.0 Å². The summed E-state index contributed by atoms with van der Waals surface area (Å²) in [7, 11) is 0. The smallest absolute Gasteiger partial charge is 0.368 e. The van der Waals surface area contributed by atoms with E-state index in [4.69, 9.17) is 23.2 Å². The first-order valence-electron chi connectivity index (χ1n) is 8.74. The third-order valence-corrected chi connectivity index (χ3v) is 5.28. The van der Waals surface area contributed by atoms with Gasteiger partial charge in [0, 0.05) is 36.9 Å². The highest BCUT2D eigenvalue weighted by Crippen LogP contribution is 2.36. The van der Waals surface area contributed by atoms with Crippen molar-refractivity contribution in [1.82, 2.24) is 14.7 Å². The third-order valence-electron chi connectivity index (χ3n) is 4.63. The Bertz CT molecular complexity index is 890. The number of benzene rings is 1. The second kappa shape index (κ2) is 8.62. The predicted octanol–water partition coefficient (Wildman–Crippen LogP) is 3.76. The molecule has 29 heavy (non-hydrogen) atoms. The highest BCUT2D eigenvalue weighted by atomic mass is 35.5. The Morgan fingerprint density at radius 1 is 1.14 bits per heavy atom. The summed E-state index contributed by atoms with van der Waals surface area (Å²) >= 11 is 11.7. The number of nitrogens with zero attached hydrogens (tertiary/aromatic N) is 5. The van der Waals surface area contributed by atoms with Crippen LogP contribution in [-0.2, 0) is 24.1 Å². The molecule has 0 N–H and O–H groups in total. The molecule has 1 amide bonds. The lowest BCUT2D eigenvalue weighted by atomic mass is 10.2. The first-order chi connectivity index (χ1) is 13.7. The van der Waals surface area contributed by atoms with Crippen molar-refractivity contribution in [2.45, 2.75) is 19.3 Å². The van der Waals surface area contributed by atoms with Crippen LogP contribution in [-0.4, -0.2) is 53.5 Å². The van der Waals surface area contributed by atoms with Crippen LogP contribution in [0.1, 0.15) is 11.4 Å². The molecule has 1 aromatic carbocycles. The maximum atomic E-state index is 13.1. The standard InChI is InChI=1S/C18H18Cl2F3N5O/c1-24-10-14-16(20)17(18(21,22)23)25-28(14)11-15(29)27-8-6-26(7-9-27)13-4-2-12(19)3-5-13/h2-5H,1,6-11H2. The van der Waals surface area contributed by atoms with Crippen LogP contribution >= 0.6 is 23.2 Å². The van der Waals surface area contributed by atoms with Gasteiger partial charge in [0.25, 0.3) is 0 Å². The number of anilines is 1. The number of aliphatic imine (C=N–C) groups is 1. The van der Waals surface area contributed by atoms with Crippen LogP contribution in [0.15, 0.2) is 29.3 Å². The van der Waals surface area contributed by atoms with Gasteiger partial charge in [0.1, 0.15) is 6.54 Å². The van der Waals surface area contributed by atoms with Gasteiger partial charge in [-0.2, -0.15) is 18.3 Å². The van der Waals surface area contributed by atoms with Gasteiger partial charge in [-0.05, 0) is 31.0 Å². The van der Waals surface area contributed by atoms with Crippen molar-refractivity contribution in [3.8, 4) is 0 Å². The van der Waals surface area contributed by atoms with Gasteiger partial charge in [0.15, 0.2) is 5.69 Å². The molecule has 2 heterocycles. The van der Waals surface area contributed by atoms with E-state index < -0.39 is 16.9 Å². The molecule has 0 saturated carbocycles. The lowest BCUT2D eigenvalue weighted by Crippen LogP contribution is -2.49. The average Bonchev–Trinajstić information content (AvgIpc) is 2.99. The van der Waals surface area contributed by atoms with Gasteiger partial charge in [-0.3, -0.25) is 14.5 Å². The number of piperazine rings is 1. The highest BCUT2D eigenvalue weighted by molar-refractivity contribution is 6.32. The molecule has 3 rings (SSSR count). The van der Waals surface area contributed by atoms with Gasteiger partial charge >= 0.3 is 6.18 Å². The Hall–Kier alpha value is -2.26. The number of hydrogen-bond donors (Lipinski definition) is 0. The number of rotatable bonds is 5. The Balaban J connectivity index is 1.68. The second-order valence-corrected chi connectivity index (χ2v) is 7.31. The zero-order valence-electron chi connectivity index (χ0n) is 15.3. The largest absolute Gasteiger partial charge is 0.436 e. The Labute approximate surface area is 175 Å². The molecule has 11 heteroatoms. The van der Waals surface area contributed by atoms with Gasteiger partial charge in [0.05, 0.1) is 17.3 Å². The number of carbonyl (C=O) groups is 1. The van der Waals surface area contributed by atoms with E-state index in [2.05, 4.69) is 21.7 Å². The Morgan fingerprint density at radius 2 is 1.76 bits per heavy atom. The quantitative estimate of drug-likeness (QED) is 0.655. The van der Waals surface area contributed by atoms with Crippen LogP contribution in [0.4, 0.5) is 18.9 Å². The van der Waals surface area contributed by atoms with Crippen LogP contribution < -0.4 is 4.90 Å². The van der Waals surface area contributed by atoms with Crippen LogP contribution in [0, 0.1) is 0 Å². The zero-order valence-corrected chi connectivity index (χ0v) is 16.8. The van der Waals surface area contributed by atoms with Gasteiger partial charge in [0.2, 0.25) is 5.91 Å². The van der Waals surface area contributed by atoms with Gasteiger partial charge in [-0.1, -0.05) is 23.2 Å². The molecule has 1 aliphatic heterocycles. The highest BCUT2D eigenvalue weighted by Gasteiger charge is 2.39. The first-order valence-corrected chi connectivity index (χ1v) is 9.49. The molecule has 0 radical (unpaired) electrons. The summed E-state index contributed by atoms with van der Waals surface area (Å²) in [6.07, 6.45) is -4.72. The van der Waals surface area contributed by atoms with Gasteiger partial charge < -0.3 is 9.80 Å². The Morgan fingerprint density at radius 3 is 2.31 bits per heavy atom. The molecule has 1 saturated heterocycles. The van der Waals surface area contributed by atoms with Crippen LogP contribution in [0.2, 0.25) is 10.0 Å². The predicted molar refractivity (Wildman–Crippen MR) is 106 cm³/mol. The maximum Gasteiger partial charge on any atom is 0.436 e. The fraction of sp³-hybridized carbons (Fsp3) is 0.389. The van der Waals surface area contributed by atoms with Crippen LogP contribution in [0.3, 0.4) is 0 Å². The second-order valence-electron chi connectivity index (χ2n) is 6.49. The zero-order chi connectivity index (χ0) is 21.2. The van der Waals surface area contributed by atoms with E-state index in [0.29, 0.717) is 31.2 Å². The maximum absolute atomic E-state index is 13.1. The molecule has 2 aromatic rings. The minimum atomic E-state index is -4.72. The molecule has 6 nitrogen and oxygen atoms in total. The summed E-state index contributed by atoms with van der Waals surface area (Å²) in [6.45, 7) is 4.85. The van der Waals surface area contributed by atoms with Crippen molar-refractivity contribution in [3.05, 3.63) is 45.7 Å². The monoisotopic (exact) mass is 447 g/mol. The molecule has 0 aliphatic carbocycles. The molecule has 1 aromatic heterocycles. The third kappa shape index (κ3) is 4.84. The van der Waals surface area contributed by atoms with Crippen molar-refractivity contribution in [1.29, 1.82) is 0 Å². The van der Waals surface area contributed by atoms with Crippen LogP contribution in [0.5, 0.6) is 0 Å².